The average molecular weight is 338 g/mol. The van der Waals surface area contributed by atoms with E-state index in [2.05, 4.69) is 22.6 Å². The van der Waals surface area contributed by atoms with Crippen LogP contribution in [0.25, 0.3) is 0 Å². The Bertz CT molecular complexity index is 356. The molecule has 0 aliphatic carbocycles. The number of carbonyl (C=O) groups is 1. The van der Waals surface area contributed by atoms with Gasteiger partial charge in [-0.2, -0.15) is 0 Å². The monoisotopic (exact) mass is 337 g/mol. The van der Waals surface area contributed by atoms with Gasteiger partial charge in [0.2, 0.25) is 0 Å². The van der Waals surface area contributed by atoms with Gasteiger partial charge in [0.1, 0.15) is 0 Å². The summed E-state index contributed by atoms with van der Waals surface area (Å²) in [6, 6.07) is 7.59. The third kappa shape index (κ3) is 3.34. The van der Waals surface area contributed by atoms with Gasteiger partial charge in [0.15, 0.2) is 0 Å². The summed E-state index contributed by atoms with van der Waals surface area (Å²) in [6.07, 6.45) is 0. The quantitative estimate of drug-likeness (QED) is 0.613. The molecular formula is C11H13ClINO. The number of alkyl halides is 1. The molecule has 15 heavy (non-hydrogen) atoms. The smallest absolute Gasteiger partial charge is 0.253 e. The highest BCUT2D eigenvalue weighted by molar-refractivity contribution is 14.1. The van der Waals surface area contributed by atoms with Crippen LogP contribution in [0.5, 0.6) is 0 Å². The van der Waals surface area contributed by atoms with Gasteiger partial charge in [-0.1, -0.05) is 6.07 Å². The van der Waals surface area contributed by atoms with Crippen LogP contribution in [0.2, 0.25) is 0 Å². The maximum atomic E-state index is 12.0. The molecule has 1 aromatic carbocycles. The van der Waals surface area contributed by atoms with Crippen LogP contribution >= 0.6 is 34.2 Å². The number of carbonyl (C=O) groups excluding carboxylic acids is 1. The molecule has 0 saturated carbocycles. The van der Waals surface area contributed by atoms with Crippen LogP contribution in [-0.2, 0) is 0 Å². The minimum atomic E-state index is 0.0154. The van der Waals surface area contributed by atoms with Crippen LogP contribution < -0.4 is 0 Å². The molecule has 0 fully saturated rings. The lowest BCUT2D eigenvalue weighted by molar-refractivity contribution is 0.0756. The third-order valence-electron chi connectivity index (χ3n) is 2.28. The zero-order valence-electron chi connectivity index (χ0n) is 8.71. The molecule has 0 radical (unpaired) electrons. The lowest BCUT2D eigenvalue weighted by atomic mass is 10.2. The van der Waals surface area contributed by atoms with Crippen LogP contribution in [0.15, 0.2) is 24.3 Å². The summed E-state index contributed by atoms with van der Waals surface area (Å²) < 4.78 is 1.06. The summed E-state index contributed by atoms with van der Waals surface area (Å²) >= 11 is 7.91. The van der Waals surface area contributed by atoms with Gasteiger partial charge in [-0.25, -0.2) is 0 Å². The first-order valence-electron chi connectivity index (χ1n) is 4.65. The van der Waals surface area contributed by atoms with E-state index < -0.39 is 0 Å². The molecule has 1 rings (SSSR count). The molecule has 0 heterocycles. The maximum Gasteiger partial charge on any atom is 0.253 e. The van der Waals surface area contributed by atoms with Crippen molar-refractivity contribution < 1.29 is 4.79 Å². The second kappa shape index (κ2) is 5.70. The summed E-state index contributed by atoms with van der Waals surface area (Å²) in [6.45, 7) is 1.93. The average Bonchev–Trinajstić information content (AvgIpc) is 2.26. The van der Waals surface area contributed by atoms with Gasteiger partial charge in [0, 0.05) is 28.1 Å². The minimum Gasteiger partial charge on any atom is -0.338 e. The molecule has 0 N–H and O–H groups in total. The Morgan fingerprint density at radius 2 is 2.27 bits per heavy atom. The first kappa shape index (κ1) is 12.8. The Balaban J connectivity index is 2.85. The van der Waals surface area contributed by atoms with E-state index in [4.69, 9.17) is 11.6 Å². The molecule has 82 valence electrons. The van der Waals surface area contributed by atoms with Gasteiger partial charge in [0.25, 0.3) is 5.91 Å². The highest BCUT2D eigenvalue weighted by Gasteiger charge is 2.16. The molecule has 1 aromatic rings. The minimum absolute atomic E-state index is 0.0154. The van der Waals surface area contributed by atoms with E-state index in [9.17, 15) is 4.79 Å². The van der Waals surface area contributed by atoms with Crippen molar-refractivity contribution in [3.8, 4) is 0 Å². The van der Waals surface area contributed by atoms with Gasteiger partial charge in [-0.05, 0) is 47.7 Å². The number of amides is 1. The molecule has 0 bridgehead atoms. The van der Waals surface area contributed by atoms with Crippen LogP contribution in [0, 0.1) is 3.57 Å². The Morgan fingerprint density at radius 3 is 2.80 bits per heavy atom. The molecule has 4 heteroatoms. The van der Waals surface area contributed by atoms with Crippen LogP contribution in [0.3, 0.4) is 0 Å². The van der Waals surface area contributed by atoms with Gasteiger partial charge < -0.3 is 4.90 Å². The SMILES string of the molecule is CC(CCl)N(C)C(=O)c1cccc(I)c1. The van der Waals surface area contributed by atoms with Crippen LogP contribution in [-0.4, -0.2) is 29.8 Å². The molecular weight excluding hydrogens is 324 g/mol. The zero-order chi connectivity index (χ0) is 11.4. The van der Waals surface area contributed by atoms with Gasteiger partial charge in [-0.3, -0.25) is 4.79 Å². The van der Waals surface area contributed by atoms with Crippen LogP contribution in [0.1, 0.15) is 17.3 Å². The lowest BCUT2D eigenvalue weighted by Crippen LogP contribution is -2.36. The van der Waals surface area contributed by atoms with Crippen molar-refractivity contribution >= 4 is 40.1 Å². The molecule has 0 aliphatic rings. The molecule has 0 spiro atoms. The van der Waals surface area contributed by atoms with Crippen molar-refractivity contribution in [3.05, 3.63) is 33.4 Å². The Kier molecular flexibility index (Phi) is 4.86. The second-order valence-corrected chi connectivity index (χ2v) is 4.98. The fourth-order valence-corrected chi connectivity index (χ4v) is 1.88. The van der Waals surface area contributed by atoms with Crippen molar-refractivity contribution in [3.63, 3.8) is 0 Å². The highest BCUT2D eigenvalue weighted by Crippen LogP contribution is 2.11. The van der Waals surface area contributed by atoms with E-state index in [0.29, 0.717) is 11.4 Å². The van der Waals surface area contributed by atoms with E-state index in [0.717, 1.165) is 3.57 Å². The Labute approximate surface area is 109 Å². The largest absolute Gasteiger partial charge is 0.338 e. The number of halogens is 2. The van der Waals surface area contributed by atoms with E-state index in [1.54, 1.807) is 11.9 Å². The molecule has 1 unspecified atom stereocenters. The molecule has 1 amide bonds. The maximum absolute atomic E-state index is 12.0. The van der Waals surface area contributed by atoms with Crippen molar-refractivity contribution in [2.45, 2.75) is 13.0 Å². The second-order valence-electron chi connectivity index (χ2n) is 3.43. The van der Waals surface area contributed by atoms with Crippen molar-refractivity contribution in [2.24, 2.45) is 0 Å². The molecule has 2 nitrogen and oxygen atoms in total. The fraction of sp³-hybridized carbons (Fsp3) is 0.364. The van der Waals surface area contributed by atoms with Crippen molar-refractivity contribution in [2.75, 3.05) is 12.9 Å². The first-order chi connectivity index (χ1) is 7.06. The number of hydrogen-bond donors (Lipinski definition) is 0. The topological polar surface area (TPSA) is 20.3 Å². The molecule has 1 atom stereocenters. The number of nitrogens with zero attached hydrogens (tertiary/aromatic N) is 1. The lowest BCUT2D eigenvalue weighted by Gasteiger charge is -2.23. The van der Waals surface area contributed by atoms with Crippen molar-refractivity contribution in [1.29, 1.82) is 0 Å². The molecule has 0 saturated heterocycles. The summed E-state index contributed by atoms with van der Waals surface area (Å²) in [5, 5.41) is 0. The summed E-state index contributed by atoms with van der Waals surface area (Å²) in [7, 11) is 1.77. The predicted octanol–water partition coefficient (Wildman–Crippen LogP) is 2.99. The van der Waals surface area contributed by atoms with E-state index >= 15 is 0 Å². The number of benzene rings is 1. The third-order valence-corrected chi connectivity index (χ3v) is 3.39. The predicted molar refractivity (Wildman–Crippen MR) is 71.4 cm³/mol. The van der Waals surface area contributed by atoms with Gasteiger partial charge >= 0.3 is 0 Å². The van der Waals surface area contributed by atoms with Gasteiger partial charge in [-0.15, -0.1) is 11.6 Å². The molecule has 0 aromatic heterocycles. The standard InChI is InChI=1S/C11H13ClINO/c1-8(7-12)14(2)11(15)9-4-3-5-10(13)6-9/h3-6,8H,7H2,1-2H3. The van der Waals surface area contributed by atoms with E-state index in [1.165, 1.54) is 0 Å². The van der Waals surface area contributed by atoms with E-state index in [-0.39, 0.29) is 11.9 Å². The van der Waals surface area contributed by atoms with Gasteiger partial charge in [0.05, 0.1) is 0 Å². The zero-order valence-corrected chi connectivity index (χ0v) is 11.6. The Hall–Kier alpha value is -0.290. The number of hydrogen-bond acceptors (Lipinski definition) is 1. The van der Waals surface area contributed by atoms with Crippen LogP contribution in [0.4, 0.5) is 0 Å². The summed E-state index contributed by atoms with van der Waals surface area (Å²) in [5.74, 6) is 0.466. The fourth-order valence-electron chi connectivity index (χ4n) is 1.13. The summed E-state index contributed by atoms with van der Waals surface area (Å²) in [5.41, 5.74) is 0.710. The first-order valence-corrected chi connectivity index (χ1v) is 6.26. The highest BCUT2D eigenvalue weighted by atomic mass is 127. The van der Waals surface area contributed by atoms with E-state index in [1.807, 2.05) is 31.2 Å². The number of rotatable bonds is 3. The van der Waals surface area contributed by atoms with Crippen molar-refractivity contribution in [1.82, 2.24) is 4.90 Å². The Morgan fingerprint density at radius 1 is 1.60 bits per heavy atom. The normalized spacial score (nSPS) is 12.3. The molecule has 0 aliphatic heterocycles. The summed E-state index contributed by atoms with van der Waals surface area (Å²) in [4.78, 5) is 13.6.